The van der Waals surface area contributed by atoms with Crippen LogP contribution in [0.5, 0.6) is 0 Å². The number of aromatic nitrogens is 2. The van der Waals surface area contributed by atoms with Gasteiger partial charge in [-0.15, -0.1) is 0 Å². The number of hydrogen-bond donors (Lipinski definition) is 0. The Morgan fingerprint density at radius 3 is 2.45 bits per heavy atom. The van der Waals surface area contributed by atoms with Crippen molar-refractivity contribution in [1.82, 2.24) is 10.1 Å². The van der Waals surface area contributed by atoms with E-state index in [-0.39, 0.29) is 0 Å². The predicted octanol–water partition coefficient (Wildman–Crippen LogP) is 5.36. The molecule has 2 aromatic carbocycles. The normalized spacial score (nSPS) is 10.8. The molecule has 1 aromatic heterocycles. The van der Waals surface area contributed by atoms with Gasteiger partial charge >= 0.3 is 0 Å². The van der Waals surface area contributed by atoms with Crippen LogP contribution in [0.4, 0.5) is 0 Å². The smallest absolute Gasteiger partial charge is 0.259 e. The van der Waals surface area contributed by atoms with Gasteiger partial charge in [-0.3, -0.25) is 0 Å². The average Bonchev–Trinajstić information content (AvgIpc) is 2.88. The van der Waals surface area contributed by atoms with Crippen LogP contribution in [-0.4, -0.2) is 10.1 Å². The molecule has 0 fully saturated rings. The maximum atomic E-state index is 6.11. The Balaban J connectivity index is 2.02. The van der Waals surface area contributed by atoms with Gasteiger partial charge in [-0.05, 0) is 30.3 Å². The van der Waals surface area contributed by atoms with Gasteiger partial charge in [-0.2, -0.15) is 4.98 Å². The summed E-state index contributed by atoms with van der Waals surface area (Å²) in [7, 11) is 0. The Labute approximate surface area is 130 Å². The van der Waals surface area contributed by atoms with Gasteiger partial charge < -0.3 is 4.52 Å². The lowest BCUT2D eigenvalue weighted by atomic mass is 10.2. The quantitative estimate of drug-likeness (QED) is 0.636. The molecule has 0 spiro atoms. The molecule has 0 N–H and O–H groups in total. The van der Waals surface area contributed by atoms with Crippen LogP contribution in [0.2, 0.25) is 15.1 Å². The Morgan fingerprint density at radius 1 is 0.900 bits per heavy atom. The van der Waals surface area contributed by atoms with E-state index >= 15 is 0 Å². The van der Waals surface area contributed by atoms with Gasteiger partial charge in [0, 0.05) is 15.6 Å². The summed E-state index contributed by atoms with van der Waals surface area (Å²) in [6.07, 6.45) is 0. The summed E-state index contributed by atoms with van der Waals surface area (Å²) in [6.45, 7) is 0. The first-order valence-corrected chi connectivity index (χ1v) is 6.82. The fourth-order valence-electron chi connectivity index (χ4n) is 1.74. The third kappa shape index (κ3) is 2.66. The van der Waals surface area contributed by atoms with Crippen LogP contribution in [0.1, 0.15) is 0 Å². The van der Waals surface area contributed by atoms with E-state index in [0.717, 1.165) is 5.56 Å². The van der Waals surface area contributed by atoms with Gasteiger partial charge in [0.25, 0.3) is 5.89 Å². The molecular formula is C14H7Cl3N2O. The molecule has 1 heterocycles. The first kappa shape index (κ1) is 13.4. The van der Waals surface area contributed by atoms with Crippen LogP contribution >= 0.6 is 34.8 Å². The Kier molecular flexibility index (Phi) is 3.66. The Morgan fingerprint density at radius 2 is 1.70 bits per heavy atom. The Hall–Kier alpha value is -1.55. The fourth-order valence-corrected chi connectivity index (χ4v) is 2.42. The molecule has 3 aromatic rings. The maximum absolute atomic E-state index is 6.11. The highest BCUT2D eigenvalue weighted by molar-refractivity contribution is 6.36. The fraction of sp³-hybridized carbons (Fsp3) is 0. The topological polar surface area (TPSA) is 38.9 Å². The van der Waals surface area contributed by atoms with Crippen molar-refractivity contribution >= 4 is 34.8 Å². The van der Waals surface area contributed by atoms with E-state index in [1.165, 1.54) is 0 Å². The van der Waals surface area contributed by atoms with Crippen molar-refractivity contribution in [2.75, 3.05) is 0 Å². The minimum absolute atomic E-state index is 0.335. The lowest BCUT2D eigenvalue weighted by Crippen LogP contribution is -1.82. The van der Waals surface area contributed by atoms with Crippen LogP contribution in [0, 0.1) is 0 Å². The van der Waals surface area contributed by atoms with E-state index in [1.807, 2.05) is 12.1 Å². The second-order valence-corrected chi connectivity index (χ2v) is 5.34. The van der Waals surface area contributed by atoms with Gasteiger partial charge in [0.15, 0.2) is 0 Å². The summed E-state index contributed by atoms with van der Waals surface area (Å²) in [5, 5.41) is 5.55. The van der Waals surface area contributed by atoms with Crippen molar-refractivity contribution < 1.29 is 4.52 Å². The van der Waals surface area contributed by atoms with Crippen LogP contribution < -0.4 is 0 Å². The van der Waals surface area contributed by atoms with Crippen LogP contribution in [0.3, 0.4) is 0 Å². The molecule has 3 rings (SSSR count). The summed E-state index contributed by atoms with van der Waals surface area (Å²) in [5.41, 5.74) is 1.41. The number of nitrogens with zero attached hydrogens (tertiary/aromatic N) is 2. The zero-order valence-electron chi connectivity index (χ0n) is 9.98. The third-order valence-electron chi connectivity index (χ3n) is 2.67. The van der Waals surface area contributed by atoms with Crippen LogP contribution in [0.25, 0.3) is 22.8 Å². The summed E-state index contributed by atoms with van der Waals surface area (Å²) in [4.78, 5) is 4.32. The van der Waals surface area contributed by atoms with Crippen LogP contribution in [0.15, 0.2) is 47.0 Å². The zero-order valence-corrected chi connectivity index (χ0v) is 12.2. The molecule has 0 aliphatic rings. The van der Waals surface area contributed by atoms with Gasteiger partial charge in [0.05, 0.1) is 10.6 Å². The SMILES string of the molecule is Clc1cccc(-c2noc(-c3ccc(Cl)cc3Cl)n2)c1. The second-order valence-electron chi connectivity index (χ2n) is 4.06. The molecular weight excluding hydrogens is 319 g/mol. The predicted molar refractivity (Wildman–Crippen MR) is 80.2 cm³/mol. The molecule has 6 heteroatoms. The molecule has 0 radical (unpaired) electrons. The van der Waals surface area contributed by atoms with E-state index in [0.29, 0.717) is 32.3 Å². The van der Waals surface area contributed by atoms with Crippen molar-refractivity contribution in [3.05, 3.63) is 57.5 Å². The first-order chi connectivity index (χ1) is 9.63. The highest BCUT2D eigenvalue weighted by Gasteiger charge is 2.13. The van der Waals surface area contributed by atoms with Crippen LogP contribution in [-0.2, 0) is 0 Å². The zero-order chi connectivity index (χ0) is 14.1. The molecule has 0 unspecified atom stereocenters. The standard InChI is InChI=1S/C14H7Cl3N2O/c15-9-3-1-2-8(6-9)13-18-14(20-19-13)11-5-4-10(16)7-12(11)17/h1-7H. The number of hydrogen-bond acceptors (Lipinski definition) is 3. The van der Waals surface area contributed by atoms with E-state index in [1.54, 1.807) is 30.3 Å². The highest BCUT2D eigenvalue weighted by atomic mass is 35.5. The largest absolute Gasteiger partial charge is 0.334 e. The molecule has 0 aliphatic carbocycles. The minimum atomic E-state index is 0.335. The molecule has 0 saturated carbocycles. The molecule has 0 bridgehead atoms. The molecule has 0 saturated heterocycles. The summed E-state index contributed by atoms with van der Waals surface area (Å²) in [5.74, 6) is 0.787. The molecule has 3 nitrogen and oxygen atoms in total. The monoisotopic (exact) mass is 324 g/mol. The van der Waals surface area contributed by atoms with E-state index < -0.39 is 0 Å². The van der Waals surface area contributed by atoms with Crippen molar-refractivity contribution in [2.45, 2.75) is 0 Å². The van der Waals surface area contributed by atoms with Crippen molar-refractivity contribution in [1.29, 1.82) is 0 Å². The van der Waals surface area contributed by atoms with E-state index in [4.69, 9.17) is 39.3 Å². The van der Waals surface area contributed by atoms with Gasteiger partial charge in [0.2, 0.25) is 5.82 Å². The van der Waals surface area contributed by atoms with Crippen molar-refractivity contribution in [2.24, 2.45) is 0 Å². The van der Waals surface area contributed by atoms with Gasteiger partial charge in [-0.25, -0.2) is 0 Å². The number of rotatable bonds is 2. The maximum Gasteiger partial charge on any atom is 0.259 e. The first-order valence-electron chi connectivity index (χ1n) is 5.68. The highest BCUT2D eigenvalue weighted by Crippen LogP contribution is 2.30. The molecule has 0 aliphatic heterocycles. The molecule has 0 atom stereocenters. The minimum Gasteiger partial charge on any atom is -0.334 e. The van der Waals surface area contributed by atoms with E-state index in [9.17, 15) is 0 Å². The Bertz CT molecular complexity index is 771. The van der Waals surface area contributed by atoms with Crippen molar-refractivity contribution in [3.63, 3.8) is 0 Å². The number of halogens is 3. The van der Waals surface area contributed by atoms with Gasteiger partial charge in [-0.1, -0.05) is 52.1 Å². The van der Waals surface area contributed by atoms with Crippen molar-refractivity contribution in [3.8, 4) is 22.8 Å². The second kappa shape index (κ2) is 5.44. The summed E-state index contributed by atoms with van der Waals surface area (Å²) < 4.78 is 5.23. The molecule has 0 amide bonds. The lowest BCUT2D eigenvalue weighted by Gasteiger charge is -1.98. The van der Waals surface area contributed by atoms with Gasteiger partial charge in [0.1, 0.15) is 0 Å². The van der Waals surface area contributed by atoms with E-state index in [2.05, 4.69) is 10.1 Å². The summed E-state index contributed by atoms with van der Waals surface area (Å²) >= 11 is 17.9. The third-order valence-corrected chi connectivity index (χ3v) is 3.45. The molecule has 100 valence electrons. The lowest BCUT2D eigenvalue weighted by molar-refractivity contribution is 0.432. The average molecular weight is 326 g/mol. The number of benzene rings is 2. The summed E-state index contributed by atoms with van der Waals surface area (Å²) in [6, 6.07) is 12.3. The molecule has 20 heavy (non-hydrogen) atoms.